The summed E-state index contributed by atoms with van der Waals surface area (Å²) in [5.74, 6) is 1.07. The molecule has 0 aromatic heterocycles. The average molecular weight is 282 g/mol. The molecule has 88 valence electrons. The van der Waals surface area contributed by atoms with Crippen LogP contribution in [0.4, 0.5) is 0 Å². The van der Waals surface area contributed by atoms with Gasteiger partial charge in [-0.2, -0.15) is 0 Å². The smallest absolute Gasteiger partial charge is 0.0205 e. The van der Waals surface area contributed by atoms with E-state index in [-0.39, 0.29) is 0 Å². The third-order valence-corrected chi connectivity index (χ3v) is 4.10. The lowest BCUT2D eigenvalue weighted by molar-refractivity contribution is 0.594. The quantitative estimate of drug-likeness (QED) is 0.776. The Morgan fingerprint density at radius 3 is 2.88 bits per heavy atom. The van der Waals surface area contributed by atoms with Crippen molar-refractivity contribution < 1.29 is 0 Å². The zero-order chi connectivity index (χ0) is 11.4. The number of aryl methyl sites for hydroxylation is 1. The monoisotopic (exact) mass is 281 g/mol. The summed E-state index contributed by atoms with van der Waals surface area (Å²) in [5, 5.41) is 3.52. The highest BCUT2D eigenvalue weighted by molar-refractivity contribution is 9.10. The molecule has 1 N–H and O–H groups in total. The Labute approximate surface area is 107 Å². The zero-order valence-corrected chi connectivity index (χ0v) is 11.5. The number of benzene rings is 1. The molecule has 1 fully saturated rings. The molecule has 0 heterocycles. The first kappa shape index (κ1) is 12.1. The molecule has 1 aromatic carbocycles. The van der Waals surface area contributed by atoms with Crippen LogP contribution in [0.3, 0.4) is 0 Å². The van der Waals surface area contributed by atoms with Gasteiger partial charge in [0, 0.05) is 11.0 Å². The minimum absolute atomic E-state index is 0.999. The van der Waals surface area contributed by atoms with Crippen molar-refractivity contribution >= 4 is 15.9 Å². The molecule has 0 bridgehead atoms. The molecule has 1 saturated carbocycles. The van der Waals surface area contributed by atoms with Crippen LogP contribution in [0.25, 0.3) is 0 Å². The van der Waals surface area contributed by atoms with Crippen LogP contribution in [0.15, 0.2) is 22.7 Å². The van der Waals surface area contributed by atoms with Crippen LogP contribution in [0.2, 0.25) is 0 Å². The summed E-state index contributed by atoms with van der Waals surface area (Å²) in [6.07, 6.45) is 5.71. The lowest BCUT2D eigenvalue weighted by Crippen LogP contribution is -2.14. The molecule has 16 heavy (non-hydrogen) atoms. The molecule has 0 unspecified atom stereocenters. The van der Waals surface area contributed by atoms with Gasteiger partial charge in [0.15, 0.2) is 0 Å². The Kier molecular flexibility index (Phi) is 4.42. The van der Waals surface area contributed by atoms with Gasteiger partial charge < -0.3 is 5.32 Å². The standard InChI is InChI=1S/C14H20BrN/c1-11-9-13(6-7-14(11)15)10-16-8-2-3-12-4-5-12/h6-7,9,12,16H,2-5,8,10H2,1H3. The van der Waals surface area contributed by atoms with Gasteiger partial charge in [-0.1, -0.05) is 40.9 Å². The highest BCUT2D eigenvalue weighted by Gasteiger charge is 2.19. The van der Waals surface area contributed by atoms with Crippen LogP contribution in [0, 0.1) is 12.8 Å². The Balaban J connectivity index is 1.65. The maximum atomic E-state index is 3.52. The van der Waals surface area contributed by atoms with E-state index in [0.29, 0.717) is 0 Å². The molecule has 1 aliphatic rings. The largest absolute Gasteiger partial charge is 0.313 e. The summed E-state index contributed by atoms with van der Waals surface area (Å²) in [6, 6.07) is 6.57. The van der Waals surface area contributed by atoms with Crippen molar-refractivity contribution in [1.82, 2.24) is 5.32 Å². The molecule has 1 aromatic rings. The van der Waals surface area contributed by atoms with E-state index in [9.17, 15) is 0 Å². The van der Waals surface area contributed by atoms with Crippen LogP contribution in [-0.4, -0.2) is 6.54 Å². The molecule has 1 aliphatic carbocycles. The Hall–Kier alpha value is -0.340. The lowest BCUT2D eigenvalue weighted by atomic mass is 10.1. The summed E-state index contributed by atoms with van der Waals surface area (Å²) in [7, 11) is 0. The molecule has 0 amide bonds. The molecule has 2 rings (SSSR count). The van der Waals surface area contributed by atoms with Crippen LogP contribution < -0.4 is 5.32 Å². The van der Waals surface area contributed by atoms with E-state index in [0.717, 1.165) is 19.0 Å². The Bertz CT molecular complexity index is 345. The molecule has 0 spiro atoms. The van der Waals surface area contributed by atoms with Crippen molar-refractivity contribution in [3.05, 3.63) is 33.8 Å². The Morgan fingerprint density at radius 1 is 1.38 bits per heavy atom. The summed E-state index contributed by atoms with van der Waals surface area (Å²) >= 11 is 3.52. The fourth-order valence-corrected chi connectivity index (χ4v) is 2.22. The summed E-state index contributed by atoms with van der Waals surface area (Å²) in [4.78, 5) is 0. The minimum atomic E-state index is 0.999. The van der Waals surface area contributed by atoms with Gasteiger partial charge in [0.1, 0.15) is 0 Å². The molecule has 0 atom stereocenters. The molecule has 0 saturated heterocycles. The van der Waals surface area contributed by atoms with E-state index < -0.39 is 0 Å². The van der Waals surface area contributed by atoms with Gasteiger partial charge in [-0.3, -0.25) is 0 Å². The highest BCUT2D eigenvalue weighted by atomic mass is 79.9. The first-order chi connectivity index (χ1) is 7.75. The maximum absolute atomic E-state index is 3.52. The lowest BCUT2D eigenvalue weighted by Gasteiger charge is -2.06. The third kappa shape index (κ3) is 3.91. The third-order valence-electron chi connectivity index (χ3n) is 3.21. The zero-order valence-electron chi connectivity index (χ0n) is 9.93. The van der Waals surface area contributed by atoms with Gasteiger partial charge in [-0.15, -0.1) is 0 Å². The number of hydrogen-bond donors (Lipinski definition) is 1. The van der Waals surface area contributed by atoms with Gasteiger partial charge in [0.25, 0.3) is 0 Å². The van der Waals surface area contributed by atoms with Gasteiger partial charge in [-0.05, 0) is 49.4 Å². The first-order valence-corrected chi connectivity index (χ1v) is 7.01. The van der Waals surface area contributed by atoms with E-state index in [1.165, 1.54) is 41.3 Å². The van der Waals surface area contributed by atoms with Crippen molar-refractivity contribution in [2.45, 2.75) is 39.2 Å². The second-order valence-electron chi connectivity index (χ2n) is 4.85. The van der Waals surface area contributed by atoms with E-state index in [4.69, 9.17) is 0 Å². The first-order valence-electron chi connectivity index (χ1n) is 6.21. The van der Waals surface area contributed by atoms with E-state index in [2.05, 4.69) is 46.4 Å². The molecular formula is C14H20BrN. The van der Waals surface area contributed by atoms with E-state index in [1.807, 2.05) is 0 Å². The van der Waals surface area contributed by atoms with Crippen LogP contribution in [-0.2, 0) is 6.54 Å². The van der Waals surface area contributed by atoms with Crippen molar-refractivity contribution in [2.75, 3.05) is 6.54 Å². The predicted molar refractivity (Wildman–Crippen MR) is 72.5 cm³/mol. The molecule has 2 heteroatoms. The molecular weight excluding hydrogens is 262 g/mol. The van der Waals surface area contributed by atoms with Crippen molar-refractivity contribution in [3.63, 3.8) is 0 Å². The minimum Gasteiger partial charge on any atom is -0.313 e. The number of hydrogen-bond acceptors (Lipinski definition) is 1. The van der Waals surface area contributed by atoms with Gasteiger partial charge >= 0.3 is 0 Å². The summed E-state index contributed by atoms with van der Waals surface area (Å²) in [6.45, 7) is 4.30. The highest BCUT2D eigenvalue weighted by Crippen LogP contribution is 2.33. The summed E-state index contributed by atoms with van der Waals surface area (Å²) in [5.41, 5.74) is 2.70. The second kappa shape index (κ2) is 5.83. The number of nitrogens with one attached hydrogen (secondary N) is 1. The van der Waals surface area contributed by atoms with Gasteiger partial charge in [0.05, 0.1) is 0 Å². The predicted octanol–water partition coefficient (Wildman–Crippen LogP) is 4.04. The molecule has 1 nitrogen and oxygen atoms in total. The van der Waals surface area contributed by atoms with Crippen molar-refractivity contribution in [1.29, 1.82) is 0 Å². The van der Waals surface area contributed by atoms with Crippen molar-refractivity contribution in [2.24, 2.45) is 5.92 Å². The van der Waals surface area contributed by atoms with Gasteiger partial charge in [-0.25, -0.2) is 0 Å². The van der Waals surface area contributed by atoms with Gasteiger partial charge in [0.2, 0.25) is 0 Å². The molecule has 0 aliphatic heterocycles. The fourth-order valence-electron chi connectivity index (χ4n) is 1.97. The fraction of sp³-hybridized carbons (Fsp3) is 0.571. The van der Waals surface area contributed by atoms with Crippen LogP contribution in [0.5, 0.6) is 0 Å². The SMILES string of the molecule is Cc1cc(CNCCCC2CC2)ccc1Br. The topological polar surface area (TPSA) is 12.0 Å². The summed E-state index contributed by atoms with van der Waals surface area (Å²) < 4.78 is 1.20. The normalized spacial score (nSPS) is 15.4. The number of halogens is 1. The maximum Gasteiger partial charge on any atom is 0.0205 e. The van der Waals surface area contributed by atoms with E-state index >= 15 is 0 Å². The number of rotatable bonds is 6. The Morgan fingerprint density at radius 2 is 2.19 bits per heavy atom. The average Bonchev–Trinajstić information content (AvgIpc) is 3.07. The van der Waals surface area contributed by atoms with Crippen LogP contribution in [0.1, 0.15) is 36.8 Å². The van der Waals surface area contributed by atoms with Crippen LogP contribution >= 0.6 is 15.9 Å². The second-order valence-corrected chi connectivity index (χ2v) is 5.70. The molecule has 0 radical (unpaired) electrons. The van der Waals surface area contributed by atoms with Crippen molar-refractivity contribution in [3.8, 4) is 0 Å². The van der Waals surface area contributed by atoms with E-state index in [1.54, 1.807) is 0 Å².